The van der Waals surface area contributed by atoms with Gasteiger partial charge in [0.25, 0.3) is 0 Å². The van der Waals surface area contributed by atoms with Gasteiger partial charge in [-0.05, 0) is 18.6 Å². The summed E-state index contributed by atoms with van der Waals surface area (Å²) in [4.78, 5) is 0. The van der Waals surface area contributed by atoms with Crippen molar-refractivity contribution in [2.45, 2.75) is 39.0 Å². The van der Waals surface area contributed by atoms with E-state index in [1.807, 2.05) is 30.3 Å². The Morgan fingerprint density at radius 1 is 0.700 bits per heavy atom. The molecule has 3 nitrogen and oxygen atoms in total. The molecule has 0 bridgehead atoms. The molecule has 0 amide bonds. The fraction of sp³-hybridized carbons (Fsp3) is 0.647. The first-order valence-electron chi connectivity index (χ1n) is 7.77. The average Bonchev–Trinajstić information content (AvgIpc) is 2.49. The van der Waals surface area contributed by atoms with Crippen LogP contribution in [0.1, 0.15) is 39.0 Å². The van der Waals surface area contributed by atoms with Gasteiger partial charge in [0.2, 0.25) is 0 Å². The Morgan fingerprint density at radius 2 is 1.35 bits per heavy atom. The summed E-state index contributed by atoms with van der Waals surface area (Å²) in [6, 6.07) is 9.79. The van der Waals surface area contributed by atoms with Crippen LogP contribution in [0.5, 0.6) is 5.75 Å². The zero-order chi connectivity index (χ0) is 14.3. The fourth-order valence-electron chi connectivity index (χ4n) is 1.86. The summed E-state index contributed by atoms with van der Waals surface area (Å²) in [7, 11) is 0. The summed E-state index contributed by atoms with van der Waals surface area (Å²) >= 11 is 0. The second kappa shape index (κ2) is 12.9. The van der Waals surface area contributed by atoms with Crippen LogP contribution in [-0.2, 0) is 9.47 Å². The lowest BCUT2D eigenvalue weighted by molar-refractivity contribution is 0.0352. The quantitative estimate of drug-likeness (QED) is 0.510. The predicted molar refractivity (Wildman–Crippen MR) is 82.3 cm³/mol. The highest BCUT2D eigenvalue weighted by atomic mass is 16.5. The van der Waals surface area contributed by atoms with Crippen LogP contribution in [0.4, 0.5) is 0 Å². The molecule has 1 rings (SSSR count). The normalized spacial score (nSPS) is 10.7. The smallest absolute Gasteiger partial charge is 0.119 e. The van der Waals surface area contributed by atoms with Crippen molar-refractivity contribution in [3.63, 3.8) is 0 Å². The van der Waals surface area contributed by atoms with Crippen LogP contribution in [0.25, 0.3) is 0 Å². The van der Waals surface area contributed by atoms with Crippen LogP contribution in [0.3, 0.4) is 0 Å². The fourth-order valence-corrected chi connectivity index (χ4v) is 1.86. The SMILES string of the molecule is CCCCCCCOCCOCCOc1ccccc1. The highest BCUT2D eigenvalue weighted by molar-refractivity contribution is 5.20. The molecule has 0 aliphatic rings. The number of hydrogen-bond donors (Lipinski definition) is 0. The van der Waals surface area contributed by atoms with Gasteiger partial charge in [-0.2, -0.15) is 0 Å². The van der Waals surface area contributed by atoms with Gasteiger partial charge >= 0.3 is 0 Å². The molecule has 114 valence electrons. The third kappa shape index (κ3) is 9.82. The van der Waals surface area contributed by atoms with E-state index in [0.717, 1.165) is 18.8 Å². The average molecular weight is 280 g/mol. The highest BCUT2D eigenvalue weighted by Gasteiger charge is 1.93. The van der Waals surface area contributed by atoms with Gasteiger partial charge in [0.1, 0.15) is 12.4 Å². The molecule has 0 aliphatic heterocycles. The summed E-state index contributed by atoms with van der Waals surface area (Å²) < 4.78 is 16.5. The Hall–Kier alpha value is -1.06. The first kappa shape index (κ1) is 17.0. The molecule has 0 radical (unpaired) electrons. The Labute approximate surface area is 123 Å². The molecule has 0 aliphatic carbocycles. The maximum absolute atomic E-state index is 5.52. The molecule has 0 unspecified atom stereocenters. The van der Waals surface area contributed by atoms with Gasteiger partial charge < -0.3 is 14.2 Å². The summed E-state index contributed by atoms with van der Waals surface area (Å²) in [5.74, 6) is 0.888. The topological polar surface area (TPSA) is 27.7 Å². The van der Waals surface area contributed by atoms with Gasteiger partial charge in [-0.25, -0.2) is 0 Å². The molecule has 1 aromatic carbocycles. The standard InChI is InChI=1S/C17H28O3/c1-2-3-4-5-9-12-18-13-14-19-15-16-20-17-10-7-6-8-11-17/h6-8,10-11H,2-5,9,12-16H2,1H3. The van der Waals surface area contributed by atoms with Gasteiger partial charge in [0, 0.05) is 6.61 Å². The molecule has 0 spiro atoms. The molecule has 0 heterocycles. The second-order valence-corrected chi connectivity index (χ2v) is 4.80. The third-order valence-corrected chi connectivity index (χ3v) is 3.00. The first-order chi connectivity index (χ1) is 9.93. The molecular formula is C17H28O3. The van der Waals surface area contributed by atoms with Crippen LogP contribution in [0, 0.1) is 0 Å². The second-order valence-electron chi connectivity index (χ2n) is 4.80. The molecular weight excluding hydrogens is 252 g/mol. The van der Waals surface area contributed by atoms with Crippen LogP contribution in [-0.4, -0.2) is 33.0 Å². The largest absolute Gasteiger partial charge is 0.491 e. The van der Waals surface area contributed by atoms with Gasteiger partial charge in [-0.1, -0.05) is 50.8 Å². The molecule has 3 heteroatoms. The first-order valence-corrected chi connectivity index (χ1v) is 7.77. The van der Waals surface area contributed by atoms with Gasteiger partial charge in [-0.3, -0.25) is 0 Å². The molecule has 0 saturated heterocycles. The van der Waals surface area contributed by atoms with Crippen molar-refractivity contribution in [2.24, 2.45) is 0 Å². The van der Waals surface area contributed by atoms with Gasteiger partial charge in [-0.15, -0.1) is 0 Å². The zero-order valence-corrected chi connectivity index (χ0v) is 12.7. The van der Waals surface area contributed by atoms with Crippen LogP contribution in [0.2, 0.25) is 0 Å². The molecule has 0 fully saturated rings. The van der Waals surface area contributed by atoms with E-state index < -0.39 is 0 Å². The summed E-state index contributed by atoms with van der Waals surface area (Å²) in [5, 5.41) is 0. The number of ether oxygens (including phenoxy) is 3. The van der Waals surface area contributed by atoms with E-state index in [4.69, 9.17) is 14.2 Å². The minimum atomic E-state index is 0.584. The lowest BCUT2D eigenvalue weighted by Crippen LogP contribution is -2.11. The lowest BCUT2D eigenvalue weighted by Gasteiger charge is -2.07. The summed E-state index contributed by atoms with van der Waals surface area (Å²) in [5.41, 5.74) is 0. The van der Waals surface area contributed by atoms with E-state index in [9.17, 15) is 0 Å². The van der Waals surface area contributed by atoms with Crippen molar-refractivity contribution in [1.82, 2.24) is 0 Å². The predicted octanol–water partition coefficient (Wildman–Crippen LogP) is 4.07. The maximum atomic E-state index is 5.52. The van der Waals surface area contributed by atoms with Crippen molar-refractivity contribution in [2.75, 3.05) is 33.0 Å². The Kier molecular flexibility index (Phi) is 11.0. The number of unbranched alkanes of at least 4 members (excludes halogenated alkanes) is 4. The van der Waals surface area contributed by atoms with Gasteiger partial charge in [0.15, 0.2) is 0 Å². The van der Waals surface area contributed by atoms with Crippen molar-refractivity contribution < 1.29 is 14.2 Å². The van der Waals surface area contributed by atoms with E-state index in [-0.39, 0.29) is 0 Å². The number of benzene rings is 1. The summed E-state index contributed by atoms with van der Waals surface area (Å²) in [6.07, 6.45) is 6.40. The van der Waals surface area contributed by atoms with Gasteiger partial charge in [0.05, 0.1) is 19.8 Å². The monoisotopic (exact) mass is 280 g/mol. The van der Waals surface area contributed by atoms with Crippen molar-refractivity contribution in [3.8, 4) is 5.75 Å². The van der Waals surface area contributed by atoms with E-state index in [1.54, 1.807) is 0 Å². The minimum absolute atomic E-state index is 0.584. The number of para-hydroxylation sites is 1. The molecule has 0 aromatic heterocycles. The number of rotatable bonds is 13. The van der Waals surface area contributed by atoms with Crippen molar-refractivity contribution in [3.05, 3.63) is 30.3 Å². The molecule has 1 aromatic rings. The van der Waals surface area contributed by atoms with Crippen LogP contribution < -0.4 is 4.74 Å². The van der Waals surface area contributed by atoms with E-state index in [1.165, 1.54) is 25.7 Å². The Bertz CT molecular complexity index is 300. The third-order valence-electron chi connectivity index (χ3n) is 3.00. The van der Waals surface area contributed by atoms with Crippen molar-refractivity contribution >= 4 is 0 Å². The molecule has 0 atom stereocenters. The maximum Gasteiger partial charge on any atom is 0.119 e. The minimum Gasteiger partial charge on any atom is -0.491 e. The highest BCUT2D eigenvalue weighted by Crippen LogP contribution is 2.07. The van der Waals surface area contributed by atoms with E-state index in [2.05, 4.69) is 6.92 Å². The lowest BCUT2D eigenvalue weighted by atomic mass is 10.2. The molecule has 0 N–H and O–H groups in total. The Balaban J connectivity index is 1.77. The molecule has 0 saturated carbocycles. The van der Waals surface area contributed by atoms with Crippen molar-refractivity contribution in [1.29, 1.82) is 0 Å². The van der Waals surface area contributed by atoms with Crippen LogP contribution >= 0.6 is 0 Å². The van der Waals surface area contributed by atoms with E-state index >= 15 is 0 Å². The number of hydrogen-bond acceptors (Lipinski definition) is 3. The Morgan fingerprint density at radius 3 is 2.10 bits per heavy atom. The summed E-state index contributed by atoms with van der Waals surface area (Å²) in [6.45, 7) is 5.60. The van der Waals surface area contributed by atoms with Crippen LogP contribution in [0.15, 0.2) is 30.3 Å². The molecule has 20 heavy (non-hydrogen) atoms. The van der Waals surface area contributed by atoms with E-state index in [0.29, 0.717) is 26.4 Å². The zero-order valence-electron chi connectivity index (χ0n) is 12.7.